The SMILES string of the molecule is CC(C)(C)NC(=S)NOC1CCC1. The maximum absolute atomic E-state index is 5.33. The zero-order chi connectivity index (χ0) is 9.90. The molecule has 0 aromatic rings. The van der Waals surface area contributed by atoms with Gasteiger partial charge in [0, 0.05) is 5.54 Å². The molecular weight excluding hydrogens is 184 g/mol. The van der Waals surface area contributed by atoms with Crippen LogP contribution in [-0.2, 0) is 4.84 Å². The molecule has 1 fully saturated rings. The van der Waals surface area contributed by atoms with Crippen LogP contribution in [0.2, 0.25) is 0 Å². The van der Waals surface area contributed by atoms with E-state index in [1.807, 2.05) is 0 Å². The molecule has 0 radical (unpaired) electrons. The Balaban J connectivity index is 2.10. The third-order valence-electron chi connectivity index (χ3n) is 1.86. The second-order valence-corrected chi connectivity index (χ2v) is 4.89. The molecule has 1 saturated carbocycles. The summed E-state index contributed by atoms with van der Waals surface area (Å²) < 4.78 is 0. The van der Waals surface area contributed by atoms with Crippen LogP contribution in [0.5, 0.6) is 0 Å². The van der Waals surface area contributed by atoms with Gasteiger partial charge in [0.1, 0.15) is 0 Å². The van der Waals surface area contributed by atoms with E-state index in [-0.39, 0.29) is 5.54 Å². The van der Waals surface area contributed by atoms with Crippen LogP contribution in [0, 0.1) is 0 Å². The topological polar surface area (TPSA) is 33.3 Å². The van der Waals surface area contributed by atoms with Crippen LogP contribution in [0.4, 0.5) is 0 Å². The van der Waals surface area contributed by atoms with Gasteiger partial charge in [-0.3, -0.25) is 4.84 Å². The summed E-state index contributed by atoms with van der Waals surface area (Å²) in [6, 6.07) is 0. The van der Waals surface area contributed by atoms with Gasteiger partial charge in [-0.25, -0.2) is 5.48 Å². The number of rotatable bonds is 2. The average Bonchev–Trinajstić information content (AvgIpc) is 1.78. The minimum Gasteiger partial charge on any atom is -0.356 e. The van der Waals surface area contributed by atoms with Crippen molar-refractivity contribution in [3.05, 3.63) is 0 Å². The van der Waals surface area contributed by atoms with Crippen molar-refractivity contribution < 1.29 is 4.84 Å². The van der Waals surface area contributed by atoms with Crippen molar-refractivity contribution in [2.45, 2.75) is 51.7 Å². The van der Waals surface area contributed by atoms with E-state index in [9.17, 15) is 0 Å². The Morgan fingerprint density at radius 1 is 1.38 bits per heavy atom. The van der Waals surface area contributed by atoms with Crippen LogP contribution in [0.25, 0.3) is 0 Å². The van der Waals surface area contributed by atoms with E-state index in [1.165, 1.54) is 6.42 Å². The first kappa shape index (κ1) is 10.7. The molecular formula is C9H18N2OS. The highest BCUT2D eigenvalue weighted by Gasteiger charge is 2.19. The van der Waals surface area contributed by atoms with Gasteiger partial charge < -0.3 is 5.32 Å². The number of hydrogen-bond donors (Lipinski definition) is 2. The highest BCUT2D eigenvalue weighted by Crippen LogP contribution is 2.20. The lowest BCUT2D eigenvalue weighted by atomic mass is 9.97. The first-order valence-electron chi connectivity index (χ1n) is 4.71. The third-order valence-corrected chi connectivity index (χ3v) is 2.04. The molecule has 1 rings (SSSR count). The first-order chi connectivity index (χ1) is 5.97. The molecule has 2 N–H and O–H groups in total. The molecule has 0 unspecified atom stereocenters. The maximum atomic E-state index is 5.33. The van der Waals surface area contributed by atoms with Crippen LogP contribution in [-0.4, -0.2) is 16.8 Å². The zero-order valence-electron chi connectivity index (χ0n) is 8.52. The molecule has 0 aromatic carbocycles. The van der Waals surface area contributed by atoms with Gasteiger partial charge in [0.05, 0.1) is 6.10 Å². The predicted octanol–water partition coefficient (Wildman–Crippen LogP) is 1.73. The molecule has 13 heavy (non-hydrogen) atoms. The smallest absolute Gasteiger partial charge is 0.190 e. The van der Waals surface area contributed by atoms with E-state index in [0.717, 1.165) is 12.8 Å². The molecule has 76 valence electrons. The monoisotopic (exact) mass is 202 g/mol. The van der Waals surface area contributed by atoms with Crippen molar-refractivity contribution in [2.75, 3.05) is 0 Å². The molecule has 3 nitrogen and oxygen atoms in total. The first-order valence-corrected chi connectivity index (χ1v) is 5.12. The Bertz CT molecular complexity index is 185. The average molecular weight is 202 g/mol. The van der Waals surface area contributed by atoms with E-state index in [2.05, 4.69) is 31.6 Å². The van der Waals surface area contributed by atoms with Gasteiger partial charge in [-0.05, 0) is 52.3 Å². The van der Waals surface area contributed by atoms with Gasteiger partial charge in [-0.15, -0.1) is 0 Å². The van der Waals surface area contributed by atoms with Crippen LogP contribution in [0.1, 0.15) is 40.0 Å². The molecule has 4 heteroatoms. The molecule has 0 aliphatic heterocycles. The summed E-state index contributed by atoms with van der Waals surface area (Å²) >= 11 is 5.05. The van der Waals surface area contributed by atoms with E-state index in [4.69, 9.17) is 17.1 Å². The lowest BCUT2D eigenvalue weighted by Gasteiger charge is -2.28. The normalized spacial score (nSPS) is 17.8. The highest BCUT2D eigenvalue weighted by atomic mass is 32.1. The molecule has 1 aliphatic rings. The summed E-state index contributed by atoms with van der Waals surface area (Å²) in [4.78, 5) is 5.33. The minimum atomic E-state index is -0.00689. The quantitative estimate of drug-likeness (QED) is 0.528. The fraction of sp³-hybridized carbons (Fsp3) is 0.889. The Hall–Kier alpha value is -0.350. The number of nitrogens with one attached hydrogen (secondary N) is 2. The number of hydroxylamine groups is 1. The Morgan fingerprint density at radius 2 is 2.00 bits per heavy atom. The van der Waals surface area contributed by atoms with E-state index in [1.54, 1.807) is 0 Å². The second-order valence-electron chi connectivity index (χ2n) is 4.48. The molecule has 0 spiro atoms. The molecule has 0 amide bonds. The van der Waals surface area contributed by atoms with Gasteiger partial charge in [0.15, 0.2) is 5.11 Å². The van der Waals surface area contributed by atoms with Crippen molar-refractivity contribution in [2.24, 2.45) is 0 Å². The van der Waals surface area contributed by atoms with Crippen LogP contribution < -0.4 is 10.8 Å². The van der Waals surface area contributed by atoms with Crippen molar-refractivity contribution in [1.29, 1.82) is 0 Å². The maximum Gasteiger partial charge on any atom is 0.190 e. The van der Waals surface area contributed by atoms with Gasteiger partial charge in [-0.1, -0.05) is 0 Å². The Morgan fingerprint density at radius 3 is 2.38 bits per heavy atom. The summed E-state index contributed by atoms with van der Waals surface area (Å²) in [5, 5.41) is 3.69. The van der Waals surface area contributed by atoms with Crippen molar-refractivity contribution in [3.63, 3.8) is 0 Å². The third kappa shape index (κ3) is 4.43. The van der Waals surface area contributed by atoms with E-state index >= 15 is 0 Å². The van der Waals surface area contributed by atoms with Gasteiger partial charge >= 0.3 is 0 Å². The highest BCUT2D eigenvalue weighted by molar-refractivity contribution is 7.80. The predicted molar refractivity (Wildman–Crippen MR) is 57.3 cm³/mol. The lowest BCUT2D eigenvalue weighted by Crippen LogP contribution is -2.47. The van der Waals surface area contributed by atoms with Crippen molar-refractivity contribution >= 4 is 17.3 Å². The summed E-state index contributed by atoms with van der Waals surface area (Å²) in [5.41, 5.74) is 2.75. The fourth-order valence-electron chi connectivity index (χ4n) is 0.992. The van der Waals surface area contributed by atoms with Crippen LogP contribution in [0.3, 0.4) is 0 Å². The Kier molecular flexibility index (Phi) is 3.50. The van der Waals surface area contributed by atoms with Gasteiger partial charge in [0.25, 0.3) is 0 Å². The fourth-order valence-corrected chi connectivity index (χ4v) is 1.35. The van der Waals surface area contributed by atoms with Gasteiger partial charge in [0.2, 0.25) is 0 Å². The van der Waals surface area contributed by atoms with Crippen LogP contribution in [0.15, 0.2) is 0 Å². The summed E-state index contributed by atoms with van der Waals surface area (Å²) in [6.07, 6.45) is 3.92. The van der Waals surface area contributed by atoms with Gasteiger partial charge in [-0.2, -0.15) is 0 Å². The largest absolute Gasteiger partial charge is 0.356 e. The summed E-state index contributed by atoms with van der Waals surface area (Å²) in [7, 11) is 0. The van der Waals surface area contributed by atoms with Crippen molar-refractivity contribution in [3.8, 4) is 0 Å². The van der Waals surface area contributed by atoms with E-state index < -0.39 is 0 Å². The molecule has 0 saturated heterocycles. The Labute approximate surface area is 85.2 Å². The lowest BCUT2D eigenvalue weighted by molar-refractivity contribution is -0.0350. The molecule has 0 bridgehead atoms. The van der Waals surface area contributed by atoms with E-state index in [0.29, 0.717) is 11.2 Å². The number of hydrogen-bond acceptors (Lipinski definition) is 2. The second kappa shape index (κ2) is 4.24. The molecule has 0 aromatic heterocycles. The van der Waals surface area contributed by atoms with Crippen LogP contribution >= 0.6 is 12.2 Å². The summed E-state index contributed by atoms with van der Waals surface area (Å²) in [6.45, 7) is 6.18. The molecule has 0 atom stereocenters. The minimum absolute atomic E-state index is 0.00689. The summed E-state index contributed by atoms with van der Waals surface area (Å²) in [5.74, 6) is 0. The molecule has 0 heterocycles. The number of thiocarbonyl (C=S) groups is 1. The zero-order valence-corrected chi connectivity index (χ0v) is 9.33. The van der Waals surface area contributed by atoms with Crippen molar-refractivity contribution in [1.82, 2.24) is 10.8 Å². The standard InChI is InChI=1S/C9H18N2OS/c1-9(2,3)10-8(13)11-12-7-5-4-6-7/h7H,4-6H2,1-3H3,(H2,10,11,13). The molecule has 1 aliphatic carbocycles.